The number of hydrogen-bond acceptors (Lipinski definition) is 10. The molecule has 0 unspecified atom stereocenters. The number of rotatable bonds is 32. The van der Waals surface area contributed by atoms with Crippen molar-refractivity contribution in [2.24, 2.45) is 0 Å². The standard InChI is InChI=1S/C48H68O10/c1-3-45(49)55-37-21-17-13-9-5-7-11-15-19-35-53-41-27-23-39(24-28-41)47(51)57-43-29-25-40(26-30-43)48(52)58-44-33-31-42(32-34-44)54-36-20-16-12-8-6-10-14-18-22-38-56-46(50)4-2/h3-4,23-30,42,44H,1-2,5-22,31-38H2. The highest BCUT2D eigenvalue weighted by Gasteiger charge is 2.25. The van der Waals surface area contributed by atoms with Gasteiger partial charge in [-0.2, -0.15) is 0 Å². The molecule has 0 heterocycles. The van der Waals surface area contributed by atoms with Gasteiger partial charge in [0.2, 0.25) is 0 Å². The summed E-state index contributed by atoms with van der Waals surface area (Å²) < 4.78 is 33.3. The Bertz CT molecular complexity index is 1460. The van der Waals surface area contributed by atoms with Crippen LogP contribution < -0.4 is 9.47 Å². The summed E-state index contributed by atoms with van der Waals surface area (Å²) in [6.07, 6.45) is 26.2. The van der Waals surface area contributed by atoms with E-state index in [1.165, 1.54) is 76.4 Å². The zero-order chi connectivity index (χ0) is 41.5. The van der Waals surface area contributed by atoms with E-state index in [-0.39, 0.29) is 30.1 Å². The molecule has 2 aromatic carbocycles. The summed E-state index contributed by atoms with van der Waals surface area (Å²) in [5.41, 5.74) is 0.832. The molecule has 3 rings (SSSR count). The molecule has 1 aliphatic carbocycles. The van der Waals surface area contributed by atoms with Gasteiger partial charge in [-0.05, 0) is 99.9 Å². The maximum atomic E-state index is 12.8. The summed E-state index contributed by atoms with van der Waals surface area (Å²) in [5, 5.41) is 0. The van der Waals surface area contributed by atoms with Crippen molar-refractivity contribution >= 4 is 23.9 Å². The number of carbonyl (C=O) groups excluding carboxylic acids is 4. The molecule has 1 saturated carbocycles. The minimum absolute atomic E-state index is 0.125. The molecule has 58 heavy (non-hydrogen) atoms. The van der Waals surface area contributed by atoms with Crippen LogP contribution in [-0.2, 0) is 28.5 Å². The monoisotopic (exact) mass is 804 g/mol. The molecule has 1 fully saturated rings. The number of hydrogen-bond donors (Lipinski definition) is 0. The van der Waals surface area contributed by atoms with Gasteiger partial charge in [0.25, 0.3) is 0 Å². The summed E-state index contributed by atoms with van der Waals surface area (Å²) >= 11 is 0. The molecular weight excluding hydrogens is 737 g/mol. The highest BCUT2D eigenvalue weighted by molar-refractivity contribution is 5.92. The molecule has 0 amide bonds. The number of carbonyl (C=O) groups is 4. The van der Waals surface area contributed by atoms with Gasteiger partial charge in [-0.25, -0.2) is 19.2 Å². The summed E-state index contributed by atoms with van der Waals surface area (Å²) in [6, 6.07) is 13.4. The molecule has 320 valence electrons. The number of esters is 4. The maximum absolute atomic E-state index is 12.8. The molecule has 0 radical (unpaired) electrons. The van der Waals surface area contributed by atoms with Crippen molar-refractivity contribution in [3.05, 3.63) is 85.0 Å². The van der Waals surface area contributed by atoms with Crippen LogP contribution in [0.3, 0.4) is 0 Å². The lowest BCUT2D eigenvalue weighted by molar-refractivity contribution is -0.138. The third-order valence-corrected chi connectivity index (χ3v) is 10.3. The smallest absolute Gasteiger partial charge is 0.343 e. The van der Waals surface area contributed by atoms with Gasteiger partial charge in [-0.15, -0.1) is 0 Å². The first kappa shape index (κ1) is 47.9. The second-order valence-electron chi connectivity index (χ2n) is 15.1. The Balaban J connectivity index is 1.17. The molecule has 2 aromatic rings. The molecule has 0 bridgehead atoms. The predicted molar refractivity (Wildman–Crippen MR) is 226 cm³/mol. The van der Waals surface area contributed by atoms with Crippen molar-refractivity contribution in [2.75, 3.05) is 26.4 Å². The third kappa shape index (κ3) is 21.9. The lowest BCUT2D eigenvalue weighted by Crippen LogP contribution is -2.28. The maximum Gasteiger partial charge on any atom is 0.343 e. The molecule has 0 atom stereocenters. The molecule has 0 spiro atoms. The first-order valence-corrected chi connectivity index (χ1v) is 21.8. The van der Waals surface area contributed by atoms with Crippen molar-refractivity contribution in [1.29, 1.82) is 0 Å². The normalized spacial score (nSPS) is 14.9. The van der Waals surface area contributed by atoms with Crippen LogP contribution in [0.1, 0.15) is 162 Å². The van der Waals surface area contributed by atoms with Gasteiger partial charge in [-0.1, -0.05) is 103 Å². The topological polar surface area (TPSA) is 124 Å². The SMILES string of the molecule is C=CC(=O)OCCCCCCCCCCCOc1ccc(C(=O)Oc2ccc(C(=O)OC3CCC(OCCCCCCCCCCCOC(=O)C=C)CC3)cc2)cc1. The van der Waals surface area contributed by atoms with E-state index in [2.05, 4.69) is 13.2 Å². The van der Waals surface area contributed by atoms with E-state index in [1.54, 1.807) is 48.5 Å². The Morgan fingerprint density at radius 1 is 0.466 bits per heavy atom. The zero-order valence-corrected chi connectivity index (χ0v) is 34.8. The fourth-order valence-corrected chi connectivity index (χ4v) is 6.83. The van der Waals surface area contributed by atoms with Crippen molar-refractivity contribution in [1.82, 2.24) is 0 Å². The first-order valence-electron chi connectivity index (χ1n) is 21.8. The van der Waals surface area contributed by atoms with Gasteiger partial charge in [0.15, 0.2) is 0 Å². The van der Waals surface area contributed by atoms with E-state index < -0.39 is 5.97 Å². The fraction of sp³-hybridized carbons (Fsp3) is 0.583. The first-order chi connectivity index (χ1) is 28.4. The second-order valence-corrected chi connectivity index (χ2v) is 15.1. The summed E-state index contributed by atoms with van der Waals surface area (Å²) in [5.74, 6) is -0.492. The Kier molecular flexibility index (Phi) is 25.3. The lowest BCUT2D eigenvalue weighted by atomic mass is 9.95. The van der Waals surface area contributed by atoms with Gasteiger partial charge >= 0.3 is 23.9 Å². The largest absolute Gasteiger partial charge is 0.494 e. The van der Waals surface area contributed by atoms with Gasteiger partial charge in [-0.3, -0.25) is 0 Å². The molecule has 0 N–H and O–H groups in total. The van der Waals surface area contributed by atoms with E-state index in [1.807, 2.05) is 0 Å². The molecule has 10 nitrogen and oxygen atoms in total. The van der Waals surface area contributed by atoms with E-state index in [9.17, 15) is 19.2 Å². The lowest BCUT2D eigenvalue weighted by Gasteiger charge is -2.28. The highest BCUT2D eigenvalue weighted by Crippen LogP contribution is 2.25. The Morgan fingerprint density at radius 2 is 0.845 bits per heavy atom. The predicted octanol–water partition coefficient (Wildman–Crippen LogP) is 11.2. The van der Waals surface area contributed by atoms with Crippen molar-refractivity contribution in [3.8, 4) is 11.5 Å². The van der Waals surface area contributed by atoms with Crippen molar-refractivity contribution < 1.29 is 47.6 Å². The summed E-state index contributed by atoms with van der Waals surface area (Å²) in [4.78, 5) is 47.6. The van der Waals surface area contributed by atoms with Gasteiger partial charge in [0, 0.05) is 18.8 Å². The van der Waals surface area contributed by atoms with E-state index >= 15 is 0 Å². The average Bonchev–Trinajstić information content (AvgIpc) is 3.24. The molecule has 0 aromatic heterocycles. The van der Waals surface area contributed by atoms with Crippen molar-refractivity contribution in [3.63, 3.8) is 0 Å². The summed E-state index contributed by atoms with van der Waals surface area (Å²) in [7, 11) is 0. The van der Waals surface area contributed by atoms with Crippen LogP contribution >= 0.6 is 0 Å². The van der Waals surface area contributed by atoms with Crippen LogP contribution in [0.5, 0.6) is 11.5 Å². The minimum atomic E-state index is -0.484. The van der Waals surface area contributed by atoms with Gasteiger partial charge in [0.05, 0.1) is 37.1 Å². The third-order valence-electron chi connectivity index (χ3n) is 10.3. The van der Waals surface area contributed by atoms with Crippen LogP contribution in [0, 0.1) is 0 Å². The Morgan fingerprint density at radius 3 is 1.31 bits per heavy atom. The second kappa shape index (κ2) is 30.6. The number of unbranched alkanes of at least 4 members (excludes halogenated alkanes) is 16. The van der Waals surface area contributed by atoms with Crippen LogP contribution in [0.25, 0.3) is 0 Å². The average molecular weight is 805 g/mol. The molecule has 10 heteroatoms. The van der Waals surface area contributed by atoms with E-state index in [0.29, 0.717) is 42.4 Å². The minimum Gasteiger partial charge on any atom is -0.494 e. The van der Waals surface area contributed by atoms with Crippen molar-refractivity contribution in [2.45, 2.75) is 153 Å². The van der Waals surface area contributed by atoms with Gasteiger partial charge in [0.1, 0.15) is 17.6 Å². The molecular formula is C48H68O10. The molecule has 1 aliphatic rings. The van der Waals surface area contributed by atoms with E-state index in [0.717, 1.165) is 83.7 Å². The van der Waals surface area contributed by atoms with Crippen LogP contribution in [-0.4, -0.2) is 62.5 Å². The number of benzene rings is 2. The van der Waals surface area contributed by atoms with Crippen LogP contribution in [0.2, 0.25) is 0 Å². The Hall–Kier alpha value is -4.44. The molecule has 0 saturated heterocycles. The fourth-order valence-electron chi connectivity index (χ4n) is 6.83. The summed E-state index contributed by atoms with van der Waals surface area (Å²) in [6.45, 7) is 9.15. The quantitative estimate of drug-likeness (QED) is 0.0232. The van der Waals surface area contributed by atoms with E-state index in [4.69, 9.17) is 28.4 Å². The molecule has 0 aliphatic heterocycles. The number of ether oxygens (including phenoxy) is 6. The van der Waals surface area contributed by atoms with Gasteiger partial charge < -0.3 is 28.4 Å². The Labute approximate surface area is 347 Å². The van der Waals surface area contributed by atoms with Crippen LogP contribution in [0.4, 0.5) is 0 Å². The zero-order valence-electron chi connectivity index (χ0n) is 34.8. The van der Waals surface area contributed by atoms with Crippen LogP contribution in [0.15, 0.2) is 73.8 Å². The highest BCUT2D eigenvalue weighted by atomic mass is 16.6.